The van der Waals surface area contributed by atoms with Gasteiger partial charge in [-0.15, -0.1) is 0 Å². The highest BCUT2D eigenvalue weighted by Crippen LogP contribution is 2.33. The van der Waals surface area contributed by atoms with Crippen molar-refractivity contribution in [3.05, 3.63) is 0 Å². The molecular formula is C15H25NO6. The summed E-state index contributed by atoms with van der Waals surface area (Å²) in [5.41, 5.74) is -1.38. The van der Waals surface area contributed by atoms with E-state index in [-0.39, 0.29) is 5.92 Å². The number of carbonyl (C=O) groups is 3. The Hall–Kier alpha value is -1.79. The standard InChI is InChI=1S/C15H25NO6/c1-9(2)12(17)21-10(3)22-14(20)16-15(4,13(18)19)8-11-6-5-7-11/h9-11H,5-8H2,1-4H3,(H,16,20)(H,18,19)/t10-,15-/m0/s1. The van der Waals surface area contributed by atoms with E-state index in [0.29, 0.717) is 12.3 Å². The van der Waals surface area contributed by atoms with Gasteiger partial charge >= 0.3 is 18.0 Å². The Morgan fingerprint density at radius 3 is 2.23 bits per heavy atom. The van der Waals surface area contributed by atoms with Crippen molar-refractivity contribution >= 4 is 18.0 Å². The predicted molar refractivity (Wildman–Crippen MR) is 78.0 cm³/mol. The molecule has 0 heterocycles. The lowest BCUT2D eigenvalue weighted by atomic mass is 9.76. The van der Waals surface area contributed by atoms with Crippen LogP contribution in [0, 0.1) is 11.8 Å². The Kier molecular flexibility index (Phi) is 6.20. The van der Waals surface area contributed by atoms with Crippen molar-refractivity contribution < 1.29 is 29.0 Å². The highest BCUT2D eigenvalue weighted by atomic mass is 16.7. The molecule has 1 rings (SSSR count). The number of ether oxygens (including phenoxy) is 2. The summed E-state index contributed by atoms with van der Waals surface area (Å²) >= 11 is 0. The van der Waals surface area contributed by atoms with Crippen LogP contribution in [0.2, 0.25) is 0 Å². The summed E-state index contributed by atoms with van der Waals surface area (Å²) in [5.74, 6) is -1.63. The summed E-state index contributed by atoms with van der Waals surface area (Å²) in [6.45, 7) is 6.19. The molecule has 1 amide bonds. The minimum Gasteiger partial charge on any atom is -0.480 e. The van der Waals surface area contributed by atoms with Gasteiger partial charge in [-0.2, -0.15) is 0 Å². The number of carboxylic acids is 1. The third-order valence-electron chi connectivity index (χ3n) is 3.80. The molecule has 0 radical (unpaired) electrons. The van der Waals surface area contributed by atoms with Crippen LogP contribution in [0.1, 0.15) is 53.4 Å². The van der Waals surface area contributed by atoms with Crippen molar-refractivity contribution in [3.8, 4) is 0 Å². The number of alkyl carbamates (subject to hydrolysis) is 1. The second-order valence-electron chi connectivity index (χ2n) is 6.33. The first-order chi connectivity index (χ1) is 10.1. The number of rotatable bonds is 7. The van der Waals surface area contributed by atoms with E-state index in [4.69, 9.17) is 9.47 Å². The van der Waals surface area contributed by atoms with Gasteiger partial charge < -0.3 is 19.9 Å². The van der Waals surface area contributed by atoms with Crippen LogP contribution in [0.4, 0.5) is 4.79 Å². The molecule has 2 N–H and O–H groups in total. The molecule has 1 saturated carbocycles. The van der Waals surface area contributed by atoms with Gasteiger partial charge in [0.2, 0.25) is 6.29 Å². The molecule has 7 heteroatoms. The van der Waals surface area contributed by atoms with Crippen molar-refractivity contribution in [1.29, 1.82) is 0 Å². The van der Waals surface area contributed by atoms with Gasteiger partial charge in [-0.1, -0.05) is 33.1 Å². The normalized spacial score (nSPS) is 18.8. The predicted octanol–water partition coefficient (Wildman–Crippen LogP) is 2.29. The maximum atomic E-state index is 11.8. The molecule has 1 aliphatic carbocycles. The molecule has 0 bridgehead atoms. The molecule has 0 spiro atoms. The summed E-state index contributed by atoms with van der Waals surface area (Å²) in [4.78, 5) is 34.6. The van der Waals surface area contributed by atoms with E-state index in [1.807, 2.05) is 0 Å². The summed E-state index contributed by atoms with van der Waals surface area (Å²) in [6.07, 6.45) is 1.42. The van der Waals surface area contributed by atoms with Gasteiger partial charge in [0, 0.05) is 6.92 Å². The Morgan fingerprint density at radius 1 is 1.23 bits per heavy atom. The monoisotopic (exact) mass is 315 g/mol. The largest absolute Gasteiger partial charge is 0.480 e. The fourth-order valence-corrected chi connectivity index (χ4v) is 2.20. The van der Waals surface area contributed by atoms with Crippen LogP contribution in [0.15, 0.2) is 0 Å². The second kappa shape index (κ2) is 7.47. The quantitative estimate of drug-likeness (QED) is 0.552. The minimum absolute atomic E-state index is 0.303. The fraction of sp³-hybridized carbons (Fsp3) is 0.800. The summed E-state index contributed by atoms with van der Waals surface area (Å²) in [6, 6.07) is 0. The van der Waals surface area contributed by atoms with Crippen LogP contribution >= 0.6 is 0 Å². The number of carbonyl (C=O) groups excluding carboxylic acids is 2. The van der Waals surface area contributed by atoms with Crippen LogP contribution in [0.5, 0.6) is 0 Å². The molecule has 22 heavy (non-hydrogen) atoms. The SMILES string of the molecule is CC(C)C(=O)O[C@H](C)OC(=O)N[C@@](C)(CC1CCC1)C(=O)O. The van der Waals surface area contributed by atoms with E-state index in [0.717, 1.165) is 19.3 Å². The zero-order valence-electron chi connectivity index (χ0n) is 13.5. The zero-order valence-corrected chi connectivity index (χ0v) is 13.5. The van der Waals surface area contributed by atoms with E-state index < -0.39 is 29.9 Å². The van der Waals surface area contributed by atoms with Crippen molar-refractivity contribution in [2.45, 2.75) is 65.2 Å². The van der Waals surface area contributed by atoms with Crippen LogP contribution < -0.4 is 5.32 Å². The van der Waals surface area contributed by atoms with E-state index in [2.05, 4.69) is 5.32 Å². The molecule has 0 saturated heterocycles. The van der Waals surface area contributed by atoms with Crippen molar-refractivity contribution in [2.24, 2.45) is 11.8 Å². The fourth-order valence-electron chi connectivity index (χ4n) is 2.20. The maximum absolute atomic E-state index is 11.8. The molecule has 0 aromatic rings. The molecule has 126 valence electrons. The average molecular weight is 315 g/mol. The van der Waals surface area contributed by atoms with Gasteiger partial charge in [-0.05, 0) is 19.3 Å². The van der Waals surface area contributed by atoms with Crippen LogP contribution in [-0.4, -0.2) is 35.0 Å². The molecule has 2 atom stereocenters. The first-order valence-electron chi connectivity index (χ1n) is 7.56. The van der Waals surface area contributed by atoms with Gasteiger partial charge in [0.05, 0.1) is 5.92 Å². The Bertz CT molecular complexity index is 432. The Morgan fingerprint density at radius 2 is 1.82 bits per heavy atom. The van der Waals surface area contributed by atoms with Crippen LogP contribution in [0.25, 0.3) is 0 Å². The third kappa shape index (κ3) is 5.20. The van der Waals surface area contributed by atoms with Crippen molar-refractivity contribution in [3.63, 3.8) is 0 Å². The number of aliphatic carboxylic acids is 1. The molecule has 0 unspecified atom stereocenters. The molecule has 1 aliphatic rings. The maximum Gasteiger partial charge on any atom is 0.411 e. The van der Waals surface area contributed by atoms with Crippen molar-refractivity contribution in [1.82, 2.24) is 5.32 Å². The van der Waals surface area contributed by atoms with Crippen molar-refractivity contribution in [2.75, 3.05) is 0 Å². The molecule has 7 nitrogen and oxygen atoms in total. The van der Waals surface area contributed by atoms with Gasteiger partial charge in [0.25, 0.3) is 0 Å². The summed E-state index contributed by atoms with van der Waals surface area (Å²) in [7, 11) is 0. The minimum atomic E-state index is -1.38. The lowest BCUT2D eigenvalue weighted by Gasteiger charge is -2.34. The van der Waals surface area contributed by atoms with E-state index in [9.17, 15) is 19.5 Å². The highest BCUT2D eigenvalue weighted by Gasteiger charge is 2.39. The molecule has 0 aromatic heterocycles. The Labute approximate surface area is 130 Å². The Balaban J connectivity index is 2.52. The summed E-state index contributed by atoms with van der Waals surface area (Å²) in [5, 5.41) is 11.7. The number of carboxylic acid groups (broad SMARTS) is 1. The first kappa shape index (κ1) is 18.3. The van der Waals surface area contributed by atoms with Gasteiger partial charge in [-0.3, -0.25) is 4.79 Å². The third-order valence-corrected chi connectivity index (χ3v) is 3.80. The van der Waals surface area contributed by atoms with E-state index in [1.54, 1.807) is 13.8 Å². The lowest BCUT2D eigenvalue weighted by Crippen LogP contribution is -2.54. The molecular weight excluding hydrogens is 290 g/mol. The number of esters is 1. The zero-order chi connectivity index (χ0) is 16.9. The van der Waals surface area contributed by atoms with E-state index >= 15 is 0 Å². The highest BCUT2D eigenvalue weighted by molar-refractivity contribution is 5.84. The molecule has 0 aliphatic heterocycles. The van der Waals surface area contributed by atoms with Gasteiger partial charge in [-0.25, -0.2) is 9.59 Å². The lowest BCUT2D eigenvalue weighted by molar-refractivity contribution is -0.169. The van der Waals surface area contributed by atoms with Crippen LogP contribution in [-0.2, 0) is 19.1 Å². The first-order valence-corrected chi connectivity index (χ1v) is 7.56. The number of hydrogen-bond acceptors (Lipinski definition) is 5. The topological polar surface area (TPSA) is 102 Å². The van der Waals surface area contributed by atoms with Gasteiger partial charge in [0.1, 0.15) is 5.54 Å². The number of amides is 1. The smallest absolute Gasteiger partial charge is 0.411 e. The van der Waals surface area contributed by atoms with Crippen LogP contribution in [0.3, 0.4) is 0 Å². The average Bonchev–Trinajstić information content (AvgIpc) is 2.33. The number of hydrogen-bond donors (Lipinski definition) is 2. The molecule has 0 aromatic carbocycles. The second-order valence-corrected chi connectivity index (χ2v) is 6.33. The summed E-state index contributed by atoms with van der Waals surface area (Å²) < 4.78 is 9.80. The van der Waals surface area contributed by atoms with E-state index in [1.165, 1.54) is 13.8 Å². The van der Waals surface area contributed by atoms with Gasteiger partial charge in [0.15, 0.2) is 0 Å². The molecule has 1 fully saturated rings. The number of nitrogens with one attached hydrogen (secondary N) is 1.